The van der Waals surface area contributed by atoms with Gasteiger partial charge in [0, 0.05) is 29.3 Å². The molecular weight excluding hydrogens is 344 g/mol. The molecule has 2 aromatic heterocycles. The SMILES string of the molecule is Cc1ccccc1NC(=O)c1cc2c([nH]c1=O)CC(c1ccco1)CC2=O. The van der Waals surface area contributed by atoms with E-state index >= 15 is 0 Å². The second kappa shape index (κ2) is 6.72. The van der Waals surface area contributed by atoms with Crippen molar-refractivity contribution in [1.29, 1.82) is 0 Å². The zero-order valence-electron chi connectivity index (χ0n) is 14.7. The molecular formula is C21H18N2O4. The predicted molar refractivity (Wildman–Crippen MR) is 100 cm³/mol. The summed E-state index contributed by atoms with van der Waals surface area (Å²) < 4.78 is 5.40. The fraction of sp³-hybridized carbons (Fsp3) is 0.190. The van der Waals surface area contributed by atoms with Crippen molar-refractivity contribution in [2.45, 2.75) is 25.7 Å². The number of aromatic nitrogens is 1. The van der Waals surface area contributed by atoms with E-state index in [9.17, 15) is 14.4 Å². The van der Waals surface area contributed by atoms with Gasteiger partial charge in [-0.1, -0.05) is 18.2 Å². The number of anilines is 1. The molecule has 2 N–H and O–H groups in total. The smallest absolute Gasteiger partial charge is 0.261 e. The number of fused-ring (bicyclic) bond motifs is 1. The van der Waals surface area contributed by atoms with Crippen LogP contribution in [0.1, 0.15) is 50.1 Å². The second-order valence-electron chi connectivity index (χ2n) is 6.72. The molecule has 1 unspecified atom stereocenters. The largest absolute Gasteiger partial charge is 0.469 e. The van der Waals surface area contributed by atoms with E-state index in [1.807, 2.05) is 25.1 Å². The quantitative estimate of drug-likeness (QED) is 0.746. The van der Waals surface area contributed by atoms with Crippen LogP contribution in [0.25, 0.3) is 0 Å². The van der Waals surface area contributed by atoms with Crippen LogP contribution in [0.15, 0.2) is 57.9 Å². The highest BCUT2D eigenvalue weighted by molar-refractivity contribution is 6.07. The van der Waals surface area contributed by atoms with Gasteiger partial charge in [-0.2, -0.15) is 0 Å². The molecule has 0 bridgehead atoms. The first-order valence-corrected chi connectivity index (χ1v) is 8.72. The number of furan rings is 1. The Hall–Kier alpha value is -3.41. The summed E-state index contributed by atoms with van der Waals surface area (Å²) >= 11 is 0. The number of hydrogen-bond acceptors (Lipinski definition) is 4. The van der Waals surface area contributed by atoms with E-state index in [1.165, 1.54) is 6.07 Å². The van der Waals surface area contributed by atoms with Crippen molar-refractivity contribution in [3.05, 3.63) is 87.2 Å². The molecule has 1 atom stereocenters. The van der Waals surface area contributed by atoms with Gasteiger partial charge in [-0.25, -0.2) is 0 Å². The minimum Gasteiger partial charge on any atom is -0.469 e. The number of ketones is 1. The summed E-state index contributed by atoms with van der Waals surface area (Å²) in [6.07, 6.45) is 2.34. The zero-order chi connectivity index (χ0) is 19.0. The fourth-order valence-corrected chi connectivity index (χ4v) is 3.43. The maximum Gasteiger partial charge on any atom is 0.261 e. The average molecular weight is 362 g/mol. The van der Waals surface area contributed by atoms with E-state index in [4.69, 9.17) is 4.42 Å². The van der Waals surface area contributed by atoms with Gasteiger partial charge in [0.15, 0.2) is 5.78 Å². The molecule has 1 aliphatic rings. The molecule has 0 fully saturated rings. The number of aryl methyl sites for hydroxylation is 1. The lowest BCUT2D eigenvalue weighted by Crippen LogP contribution is -2.29. The van der Waals surface area contributed by atoms with Gasteiger partial charge in [-0.15, -0.1) is 0 Å². The minimum atomic E-state index is -0.533. The number of hydrogen-bond donors (Lipinski definition) is 2. The highest BCUT2D eigenvalue weighted by atomic mass is 16.3. The third-order valence-electron chi connectivity index (χ3n) is 4.89. The number of rotatable bonds is 3. The number of nitrogens with one attached hydrogen (secondary N) is 2. The van der Waals surface area contributed by atoms with E-state index in [0.717, 1.165) is 11.3 Å². The van der Waals surface area contributed by atoms with Crippen molar-refractivity contribution in [3.8, 4) is 0 Å². The van der Waals surface area contributed by atoms with Crippen LogP contribution >= 0.6 is 0 Å². The Bertz CT molecular complexity index is 1080. The van der Waals surface area contributed by atoms with Crippen LogP contribution in [0.3, 0.4) is 0 Å². The van der Waals surface area contributed by atoms with Crippen molar-refractivity contribution in [2.24, 2.45) is 0 Å². The highest BCUT2D eigenvalue weighted by Crippen LogP contribution is 2.31. The van der Waals surface area contributed by atoms with Crippen molar-refractivity contribution in [2.75, 3.05) is 5.32 Å². The molecule has 27 heavy (non-hydrogen) atoms. The lowest BCUT2D eigenvalue weighted by atomic mass is 9.84. The van der Waals surface area contributed by atoms with E-state index in [0.29, 0.717) is 23.4 Å². The van der Waals surface area contributed by atoms with Gasteiger partial charge in [-0.05, 0) is 43.2 Å². The van der Waals surface area contributed by atoms with Gasteiger partial charge in [0.05, 0.1) is 6.26 Å². The Morgan fingerprint density at radius 2 is 1.96 bits per heavy atom. The van der Waals surface area contributed by atoms with Crippen LogP contribution in [0.5, 0.6) is 0 Å². The summed E-state index contributed by atoms with van der Waals surface area (Å²) in [5.74, 6) is -0.0355. The molecule has 0 saturated carbocycles. The van der Waals surface area contributed by atoms with Gasteiger partial charge in [0.25, 0.3) is 11.5 Å². The molecule has 2 heterocycles. The maximum atomic E-state index is 12.6. The van der Waals surface area contributed by atoms with E-state index < -0.39 is 11.5 Å². The van der Waals surface area contributed by atoms with Crippen LogP contribution in [-0.2, 0) is 6.42 Å². The summed E-state index contributed by atoms with van der Waals surface area (Å²) in [6.45, 7) is 1.87. The third kappa shape index (κ3) is 3.21. The Morgan fingerprint density at radius 3 is 2.70 bits per heavy atom. The monoisotopic (exact) mass is 362 g/mol. The van der Waals surface area contributed by atoms with E-state index in [-0.39, 0.29) is 23.7 Å². The fourth-order valence-electron chi connectivity index (χ4n) is 3.43. The van der Waals surface area contributed by atoms with Crippen molar-refractivity contribution >= 4 is 17.4 Å². The lowest BCUT2D eigenvalue weighted by molar-refractivity contribution is 0.0959. The number of pyridine rings is 1. The van der Waals surface area contributed by atoms with Gasteiger partial charge in [-0.3, -0.25) is 14.4 Å². The Morgan fingerprint density at radius 1 is 1.15 bits per heavy atom. The molecule has 1 aromatic carbocycles. The van der Waals surface area contributed by atoms with Gasteiger partial charge < -0.3 is 14.7 Å². The van der Waals surface area contributed by atoms with Crippen molar-refractivity contribution in [1.82, 2.24) is 4.98 Å². The number of para-hydroxylation sites is 1. The van der Waals surface area contributed by atoms with E-state index in [1.54, 1.807) is 24.5 Å². The standard InChI is InChI=1S/C21H18N2O4/c1-12-5-2-3-6-16(12)22-20(25)15-11-14-17(23-21(15)26)9-13(10-18(14)24)19-7-4-8-27-19/h2-8,11,13H,9-10H2,1H3,(H,22,25)(H,23,26). The minimum absolute atomic E-state index is 0.0678. The van der Waals surface area contributed by atoms with Gasteiger partial charge in [0.1, 0.15) is 11.3 Å². The first kappa shape index (κ1) is 17.0. The number of Topliss-reactive ketones (excluding diaryl/α,β-unsaturated/α-hetero) is 1. The number of benzene rings is 1. The van der Waals surface area contributed by atoms with Crippen LogP contribution in [0.2, 0.25) is 0 Å². The predicted octanol–water partition coefficient (Wildman–Crippen LogP) is 3.44. The first-order chi connectivity index (χ1) is 13.0. The Labute approximate surface area is 155 Å². The summed E-state index contributed by atoms with van der Waals surface area (Å²) in [6, 6.07) is 12.3. The molecule has 0 saturated heterocycles. The molecule has 0 aliphatic heterocycles. The maximum absolute atomic E-state index is 12.6. The molecule has 3 aromatic rings. The van der Waals surface area contributed by atoms with Gasteiger partial charge in [0.2, 0.25) is 0 Å². The molecule has 1 aliphatic carbocycles. The normalized spacial score (nSPS) is 16.0. The summed E-state index contributed by atoms with van der Waals surface area (Å²) in [7, 11) is 0. The third-order valence-corrected chi connectivity index (χ3v) is 4.89. The van der Waals surface area contributed by atoms with Crippen LogP contribution in [-0.4, -0.2) is 16.7 Å². The molecule has 1 amide bonds. The molecule has 0 radical (unpaired) electrons. The average Bonchev–Trinajstić information content (AvgIpc) is 3.17. The molecule has 0 spiro atoms. The van der Waals surface area contributed by atoms with Gasteiger partial charge >= 0.3 is 0 Å². The van der Waals surface area contributed by atoms with E-state index in [2.05, 4.69) is 10.3 Å². The van der Waals surface area contributed by atoms with Crippen LogP contribution < -0.4 is 10.9 Å². The number of carbonyl (C=O) groups excluding carboxylic acids is 2. The summed E-state index contributed by atoms with van der Waals surface area (Å²) in [5.41, 5.74) is 1.88. The number of amides is 1. The Balaban J connectivity index is 1.65. The topological polar surface area (TPSA) is 92.2 Å². The number of H-pyrrole nitrogens is 1. The highest BCUT2D eigenvalue weighted by Gasteiger charge is 2.30. The summed E-state index contributed by atoms with van der Waals surface area (Å²) in [5, 5.41) is 2.73. The number of aromatic amines is 1. The van der Waals surface area contributed by atoms with Crippen molar-refractivity contribution < 1.29 is 14.0 Å². The first-order valence-electron chi connectivity index (χ1n) is 8.72. The lowest BCUT2D eigenvalue weighted by Gasteiger charge is -2.22. The Kier molecular flexibility index (Phi) is 4.24. The number of carbonyl (C=O) groups is 2. The molecule has 4 rings (SSSR count). The van der Waals surface area contributed by atoms with Crippen LogP contribution in [0.4, 0.5) is 5.69 Å². The second-order valence-corrected chi connectivity index (χ2v) is 6.72. The van der Waals surface area contributed by atoms with Crippen LogP contribution in [0, 0.1) is 6.92 Å². The zero-order valence-corrected chi connectivity index (χ0v) is 14.7. The molecule has 6 heteroatoms. The molecule has 6 nitrogen and oxygen atoms in total. The molecule has 136 valence electrons. The van der Waals surface area contributed by atoms with Crippen molar-refractivity contribution in [3.63, 3.8) is 0 Å². The summed E-state index contributed by atoms with van der Waals surface area (Å²) in [4.78, 5) is 40.3.